The largest absolute Gasteiger partial charge is 0.352 e. The Hall–Kier alpha value is -2.81. The van der Waals surface area contributed by atoms with E-state index in [9.17, 15) is 14.0 Å². The molecule has 0 radical (unpaired) electrons. The van der Waals surface area contributed by atoms with E-state index in [-0.39, 0.29) is 24.1 Å². The number of aryl methyl sites for hydroxylation is 1. The Kier molecular flexibility index (Phi) is 6.70. The maximum absolute atomic E-state index is 12.9. The Morgan fingerprint density at radius 2 is 1.96 bits per heavy atom. The van der Waals surface area contributed by atoms with Gasteiger partial charge >= 0.3 is 0 Å². The van der Waals surface area contributed by atoms with Crippen molar-refractivity contribution < 1.29 is 14.0 Å². The molecule has 3 N–H and O–H groups in total. The summed E-state index contributed by atoms with van der Waals surface area (Å²) in [5, 5.41) is 13.2. The first kappa shape index (κ1) is 19.9. The number of piperidine rings is 1. The summed E-state index contributed by atoms with van der Waals surface area (Å²) in [7, 11) is 1.76. The Morgan fingerprint density at radius 1 is 1.25 bits per heavy atom. The van der Waals surface area contributed by atoms with Crippen LogP contribution in [-0.2, 0) is 11.8 Å². The van der Waals surface area contributed by atoms with E-state index < -0.39 is 0 Å². The highest BCUT2D eigenvalue weighted by atomic mass is 19.1. The lowest BCUT2D eigenvalue weighted by Crippen LogP contribution is -2.27. The van der Waals surface area contributed by atoms with Crippen LogP contribution in [0.4, 0.5) is 10.3 Å². The Balaban J connectivity index is 1.41. The van der Waals surface area contributed by atoms with E-state index in [0.29, 0.717) is 30.4 Å². The Morgan fingerprint density at radius 3 is 2.68 bits per heavy atom. The molecule has 9 heteroatoms. The van der Waals surface area contributed by atoms with Crippen molar-refractivity contribution in [3.8, 4) is 0 Å². The summed E-state index contributed by atoms with van der Waals surface area (Å²) in [6.45, 7) is 2.26. The van der Waals surface area contributed by atoms with E-state index >= 15 is 0 Å². The number of aromatic nitrogens is 3. The van der Waals surface area contributed by atoms with Gasteiger partial charge < -0.3 is 10.6 Å². The molecule has 1 saturated heterocycles. The fourth-order valence-corrected chi connectivity index (χ4v) is 3.11. The summed E-state index contributed by atoms with van der Waals surface area (Å²) in [6.07, 6.45) is 2.72. The molecule has 2 heterocycles. The summed E-state index contributed by atoms with van der Waals surface area (Å²) >= 11 is 0. The molecule has 1 fully saturated rings. The number of benzene rings is 1. The fraction of sp³-hybridized carbons (Fsp3) is 0.474. The number of halogens is 1. The van der Waals surface area contributed by atoms with Gasteiger partial charge in [-0.15, -0.1) is 0 Å². The molecule has 150 valence electrons. The first-order valence-corrected chi connectivity index (χ1v) is 9.48. The van der Waals surface area contributed by atoms with E-state index in [4.69, 9.17) is 0 Å². The van der Waals surface area contributed by atoms with Gasteiger partial charge in [-0.1, -0.05) is 0 Å². The van der Waals surface area contributed by atoms with Crippen LogP contribution < -0.4 is 16.0 Å². The highest BCUT2D eigenvalue weighted by Crippen LogP contribution is 2.23. The molecule has 3 rings (SSSR count). The zero-order valence-corrected chi connectivity index (χ0v) is 15.9. The molecular weight excluding hydrogens is 363 g/mol. The van der Waals surface area contributed by atoms with Crippen molar-refractivity contribution in [3.63, 3.8) is 0 Å². The van der Waals surface area contributed by atoms with Crippen molar-refractivity contribution in [2.75, 3.05) is 25.0 Å². The van der Waals surface area contributed by atoms with E-state index in [0.717, 1.165) is 31.8 Å². The minimum atomic E-state index is -0.389. The number of nitrogens with zero attached hydrogens (tertiary/aromatic N) is 3. The standard InChI is InChI=1S/C19H25FN6O2/c1-26-19(24-17(25-26)13-8-11-21-12-9-13)23-16(27)3-2-10-22-18(28)14-4-6-15(20)7-5-14/h4-7,13,21H,2-3,8-12H2,1H3,(H,22,28)(H,23,24,25,27). The highest BCUT2D eigenvalue weighted by molar-refractivity contribution is 5.94. The van der Waals surface area contributed by atoms with Crippen LogP contribution in [0.15, 0.2) is 24.3 Å². The predicted molar refractivity (Wildman–Crippen MR) is 102 cm³/mol. The average molecular weight is 388 g/mol. The number of anilines is 1. The topological polar surface area (TPSA) is 101 Å². The van der Waals surface area contributed by atoms with Gasteiger partial charge in [0, 0.05) is 31.5 Å². The molecule has 0 spiro atoms. The summed E-state index contributed by atoms with van der Waals surface area (Å²) < 4.78 is 14.5. The number of nitrogens with one attached hydrogen (secondary N) is 3. The fourth-order valence-electron chi connectivity index (χ4n) is 3.11. The van der Waals surface area contributed by atoms with Crippen LogP contribution in [0, 0.1) is 5.82 Å². The molecule has 0 aliphatic carbocycles. The van der Waals surface area contributed by atoms with Crippen molar-refractivity contribution in [3.05, 3.63) is 41.5 Å². The average Bonchev–Trinajstić information content (AvgIpc) is 3.06. The van der Waals surface area contributed by atoms with Crippen molar-refractivity contribution in [1.82, 2.24) is 25.4 Å². The van der Waals surface area contributed by atoms with Crippen LogP contribution in [0.5, 0.6) is 0 Å². The second-order valence-corrected chi connectivity index (χ2v) is 6.86. The molecule has 8 nitrogen and oxygen atoms in total. The number of amides is 2. The van der Waals surface area contributed by atoms with Gasteiger partial charge in [-0.05, 0) is 56.6 Å². The van der Waals surface area contributed by atoms with Crippen LogP contribution >= 0.6 is 0 Å². The van der Waals surface area contributed by atoms with Gasteiger partial charge in [0.1, 0.15) is 5.82 Å². The lowest BCUT2D eigenvalue weighted by atomic mass is 9.98. The van der Waals surface area contributed by atoms with Crippen LogP contribution in [0.25, 0.3) is 0 Å². The van der Waals surface area contributed by atoms with Gasteiger partial charge in [-0.3, -0.25) is 14.9 Å². The molecule has 0 saturated carbocycles. The molecule has 0 unspecified atom stereocenters. The first-order chi connectivity index (χ1) is 13.5. The molecule has 0 atom stereocenters. The van der Waals surface area contributed by atoms with E-state index in [1.165, 1.54) is 24.3 Å². The number of hydrogen-bond acceptors (Lipinski definition) is 5. The highest BCUT2D eigenvalue weighted by Gasteiger charge is 2.21. The zero-order valence-electron chi connectivity index (χ0n) is 15.9. The third kappa shape index (κ3) is 5.35. The van der Waals surface area contributed by atoms with E-state index in [2.05, 4.69) is 26.0 Å². The van der Waals surface area contributed by atoms with E-state index in [1.807, 2.05) is 0 Å². The van der Waals surface area contributed by atoms with Gasteiger partial charge in [0.05, 0.1) is 0 Å². The summed E-state index contributed by atoms with van der Waals surface area (Å²) in [5.41, 5.74) is 0.385. The lowest BCUT2D eigenvalue weighted by Gasteiger charge is -2.19. The number of carbonyl (C=O) groups is 2. The molecule has 2 amide bonds. The van der Waals surface area contributed by atoms with Crippen molar-refractivity contribution in [2.24, 2.45) is 7.05 Å². The molecule has 1 aromatic carbocycles. The first-order valence-electron chi connectivity index (χ1n) is 9.48. The lowest BCUT2D eigenvalue weighted by molar-refractivity contribution is -0.116. The summed E-state index contributed by atoms with van der Waals surface area (Å²) in [6, 6.07) is 5.32. The third-order valence-electron chi connectivity index (χ3n) is 4.71. The normalized spacial score (nSPS) is 14.6. The molecule has 2 aromatic rings. The van der Waals surface area contributed by atoms with Crippen LogP contribution in [0.2, 0.25) is 0 Å². The van der Waals surface area contributed by atoms with Crippen molar-refractivity contribution in [2.45, 2.75) is 31.6 Å². The number of hydrogen-bond donors (Lipinski definition) is 3. The summed E-state index contributed by atoms with van der Waals surface area (Å²) in [4.78, 5) is 28.5. The van der Waals surface area contributed by atoms with Crippen molar-refractivity contribution >= 4 is 17.8 Å². The maximum atomic E-state index is 12.9. The predicted octanol–water partition coefficient (Wildman–Crippen LogP) is 1.57. The Labute approximate surface area is 162 Å². The van der Waals surface area contributed by atoms with Crippen LogP contribution in [-0.4, -0.2) is 46.2 Å². The van der Waals surface area contributed by atoms with Crippen molar-refractivity contribution in [1.29, 1.82) is 0 Å². The van der Waals surface area contributed by atoms with Gasteiger partial charge in [0.25, 0.3) is 5.91 Å². The minimum Gasteiger partial charge on any atom is -0.352 e. The molecular formula is C19H25FN6O2. The molecule has 28 heavy (non-hydrogen) atoms. The quantitative estimate of drug-likeness (QED) is 0.625. The smallest absolute Gasteiger partial charge is 0.251 e. The van der Waals surface area contributed by atoms with Gasteiger partial charge in [0.15, 0.2) is 5.82 Å². The summed E-state index contributed by atoms with van der Waals surface area (Å²) in [5.74, 6) is 0.670. The number of rotatable bonds is 7. The third-order valence-corrected chi connectivity index (χ3v) is 4.71. The van der Waals surface area contributed by atoms with Crippen LogP contribution in [0.1, 0.15) is 47.8 Å². The second kappa shape index (κ2) is 9.41. The SMILES string of the molecule is Cn1nc(C2CCNCC2)nc1NC(=O)CCCNC(=O)c1ccc(F)cc1. The minimum absolute atomic E-state index is 0.177. The molecule has 0 bridgehead atoms. The molecule has 1 aliphatic heterocycles. The second-order valence-electron chi connectivity index (χ2n) is 6.86. The Bertz CT molecular complexity index is 814. The number of carbonyl (C=O) groups excluding carboxylic acids is 2. The van der Waals surface area contributed by atoms with Gasteiger partial charge in [0.2, 0.25) is 11.9 Å². The molecule has 1 aromatic heterocycles. The maximum Gasteiger partial charge on any atom is 0.251 e. The van der Waals surface area contributed by atoms with Crippen LogP contribution in [0.3, 0.4) is 0 Å². The zero-order chi connectivity index (χ0) is 19.9. The van der Waals surface area contributed by atoms with E-state index in [1.54, 1.807) is 11.7 Å². The van der Waals surface area contributed by atoms with Gasteiger partial charge in [-0.25, -0.2) is 9.07 Å². The molecule has 1 aliphatic rings. The monoisotopic (exact) mass is 388 g/mol. The van der Waals surface area contributed by atoms with Gasteiger partial charge in [-0.2, -0.15) is 10.1 Å².